The third-order valence-corrected chi connectivity index (χ3v) is 4.22. The number of rotatable bonds is 5. The Morgan fingerprint density at radius 1 is 1.48 bits per heavy atom. The number of carbonyl (C=O) groups is 2. The highest BCUT2D eigenvalue weighted by atomic mass is 16.6. The second-order valence-corrected chi connectivity index (χ2v) is 5.54. The number of aldehydes is 1. The predicted octanol–water partition coefficient (Wildman–Crippen LogP) is 1.84. The molecule has 2 atom stereocenters. The minimum absolute atomic E-state index is 0.0238. The SMILES string of the molecule is CC[C@@H]1CN(C(=O)OCc2ccccc2)CC1(C=O)CO. The lowest BCUT2D eigenvalue weighted by Crippen LogP contribution is -2.37. The van der Waals surface area contributed by atoms with Crippen molar-refractivity contribution in [2.45, 2.75) is 20.0 Å². The molecule has 0 aliphatic carbocycles. The Hall–Kier alpha value is -1.88. The van der Waals surface area contributed by atoms with Crippen molar-refractivity contribution < 1.29 is 19.4 Å². The zero-order valence-electron chi connectivity index (χ0n) is 12.2. The van der Waals surface area contributed by atoms with Gasteiger partial charge in [-0.15, -0.1) is 0 Å². The summed E-state index contributed by atoms with van der Waals surface area (Å²) in [7, 11) is 0. The fourth-order valence-corrected chi connectivity index (χ4v) is 2.83. The van der Waals surface area contributed by atoms with Gasteiger partial charge in [0.05, 0.1) is 12.0 Å². The van der Waals surface area contributed by atoms with E-state index in [2.05, 4.69) is 0 Å². The van der Waals surface area contributed by atoms with Crippen LogP contribution in [0.2, 0.25) is 0 Å². The predicted molar refractivity (Wildman–Crippen MR) is 77.6 cm³/mol. The van der Waals surface area contributed by atoms with Gasteiger partial charge in [0.1, 0.15) is 12.9 Å². The maximum Gasteiger partial charge on any atom is 0.410 e. The third kappa shape index (κ3) is 3.24. The average molecular weight is 291 g/mol. The number of aliphatic hydroxyl groups is 1. The van der Waals surface area contributed by atoms with Gasteiger partial charge in [0, 0.05) is 13.1 Å². The van der Waals surface area contributed by atoms with Gasteiger partial charge in [0.2, 0.25) is 0 Å². The summed E-state index contributed by atoms with van der Waals surface area (Å²) in [5.74, 6) is -0.0238. The van der Waals surface area contributed by atoms with E-state index in [-0.39, 0.29) is 25.7 Å². The van der Waals surface area contributed by atoms with Gasteiger partial charge in [0.15, 0.2) is 0 Å². The number of hydrogen-bond donors (Lipinski definition) is 1. The van der Waals surface area contributed by atoms with Crippen molar-refractivity contribution in [3.05, 3.63) is 35.9 Å². The number of benzene rings is 1. The van der Waals surface area contributed by atoms with Crippen molar-refractivity contribution in [3.8, 4) is 0 Å². The standard InChI is InChI=1S/C16H21NO4/c1-2-14-8-17(10-16(14,11-18)12-19)15(20)21-9-13-6-4-3-5-7-13/h3-7,11,14,19H,2,8-10,12H2,1H3/t14-,16?/m1/s1. The van der Waals surface area contributed by atoms with Gasteiger partial charge in [-0.05, 0) is 11.5 Å². The molecule has 0 radical (unpaired) electrons. The molecule has 1 aliphatic rings. The Balaban J connectivity index is 1.96. The fraction of sp³-hybridized carbons (Fsp3) is 0.500. The summed E-state index contributed by atoms with van der Waals surface area (Å²) >= 11 is 0. The summed E-state index contributed by atoms with van der Waals surface area (Å²) in [4.78, 5) is 25.0. The van der Waals surface area contributed by atoms with Crippen LogP contribution in [0.15, 0.2) is 30.3 Å². The second-order valence-electron chi connectivity index (χ2n) is 5.54. The zero-order valence-corrected chi connectivity index (χ0v) is 12.2. The monoisotopic (exact) mass is 291 g/mol. The Kier molecular flexibility index (Phi) is 4.96. The van der Waals surface area contributed by atoms with E-state index in [1.165, 1.54) is 4.90 Å². The van der Waals surface area contributed by atoms with E-state index in [0.717, 1.165) is 18.3 Å². The summed E-state index contributed by atoms with van der Waals surface area (Å²) in [6.07, 6.45) is 1.09. The number of aliphatic hydroxyl groups excluding tert-OH is 1. The van der Waals surface area contributed by atoms with E-state index in [1.807, 2.05) is 37.3 Å². The van der Waals surface area contributed by atoms with E-state index in [1.54, 1.807) is 0 Å². The van der Waals surface area contributed by atoms with Crippen LogP contribution in [0.4, 0.5) is 4.79 Å². The van der Waals surface area contributed by atoms with Crippen LogP contribution in [0.1, 0.15) is 18.9 Å². The highest BCUT2D eigenvalue weighted by Gasteiger charge is 2.47. The molecule has 1 unspecified atom stereocenters. The van der Waals surface area contributed by atoms with Gasteiger partial charge in [-0.1, -0.05) is 43.7 Å². The molecule has 1 aliphatic heterocycles. The minimum atomic E-state index is -0.847. The Labute approximate surface area is 124 Å². The van der Waals surface area contributed by atoms with Crippen molar-refractivity contribution in [3.63, 3.8) is 0 Å². The molecule has 5 heteroatoms. The molecule has 0 spiro atoms. The van der Waals surface area contributed by atoms with Crippen LogP contribution < -0.4 is 0 Å². The first-order valence-electron chi connectivity index (χ1n) is 7.18. The molecule has 114 valence electrons. The van der Waals surface area contributed by atoms with Crippen molar-refractivity contribution in [1.82, 2.24) is 4.90 Å². The molecule has 1 aromatic rings. The number of likely N-dealkylation sites (tertiary alicyclic amines) is 1. The zero-order chi connectivity index (χ0) is 15.3. The molecule has 1 aromatic carbocycles. The maximum atomic E-state index is 12.1. The van der Waals surface area contributed by atoms with Crippen LogP contribution in [0, 0.1) is 11.3 Å². The van der Waals surface area contributed by atoms with Crippen molar-refractivity contribution in [1.29, 1.82) is 0 Å². The van der Waals surface area contributed by atoms with Crippen LogP contribution in [-0.2, 0) is 16.1 Å². The number of nitrogens with zero attached hydrogens (tertiary/aromatic N) is 1. The third-order valence-electron chi connectivity index (χ3n) is 4.22. The van der Waals surface area contributed by atoms with E-state index in [9.17, 15) is 14.7 Å². The van der Waals surface area contributed by atoms with Crippen LogP contribution >= 0.6 is 0 Å². The van der Waals surface area contributed by atoms with Gasteiger partial charge in [0.25, 0.3) is 0 Å². The molecule has 0 bridgehead atoms. The molecule has 1 saturated heterocycles. The summed E-state index contributed by atoms with van der Waals surface area (Å²) < 4.78 is 5.28. The van der Waals surface area contributed by atoms with Crippen LogP contribution in [0.3, 0.4) is 0 Å². The number of carbonyl (C=O) groups excluding carboxylic acids is 2. The highest BCUT2D eigenvalue weighted by Crippen LogP contribution is 2.36. The fourth-order valence-electron chi connectivity index (χ4n) is 2.83. The number of ether oxygens (including phenoxy) is 1. The van der Waals surface area contributed by atoms with Crippen molar-refractivity contribution in [2.75, 3.05) is 19.7 Å². The van der Waals surface area contributed by atoms with Crippen molar-refractivity contribution in [2.24, 2.45) is 11.3 Å². The van der Waals surface area contributed by atoms with E-state index in [4.69, 9.17) is 4.74 Å². The Bertz CT molecular complexity index is 490. The molecule has 21 heavy (non-hydrogen) atoms. The smallest absolute Gasteiger partial charge is 0.410 e. The molecule has 1 heterocycles. The van der Waals surface area contributed by atoms with Gasteiger partial charge >= 0.3 is 6.09 Å². The molecular weight excluding hydrogens is 270 g/mol. The van der Waals surface area contributed by atoms with Crippen LogP contribution in [0.25, 0.3) is 0 Å². The molecule has 2 rings (SSSR count). The number of amides is 1. The van der Waals surface area contributed by atoms with Crippen LogP contribution in [-0.4, -0.2) is 42.1 Å². The topological polar surface area (TPSA) is 66.8 Å². The lowest BCUT2D eigenvalue weighted by molar-refractivity contribution is -0.119. The molecule has 1 fully saturated rings. The quantitative estimate of drug-likeness (QED) is 0.841. The first-order chi connectivity index (χ1) is 10.1. The normalized spacial score (nSPS) is 24.9. The first-order valence-corrected chi connectivity index (χ1v) is 7.18. The lowest BCUT2D eigenvalue weighted by Gasteiger charge is -2.24. The molecule has 1 N–H and O–H groups in total. The van der Waals surface area contributed by atoms with Gasteiger partial charge < -0.3 is 19.5 Å². The molecule has 1 amide bonds. The Morgan fingerprint density at radius 3 is 2.71 bits per heavy atom. The molecule has 0 saturated carbocycles. The van der Waals surface area contributed by atoms with Crippen LogP contribution in [0.5, 0.6) is 0 Å². The van der Waals surface area contributed by atoms with E-state index in [0.29, 0.717) is 6.54 Å². The molecular formula is C16H21NO4. The van der Waals surface area contributed by atoms with E-state index < -0.39 is 11.5 Å². The van der Waals surface area contributed by atoms with Gasteiger partial charge in [-0.25, -0.2) is 4.79 Å². The average Bonchev–Trinajstić information content (AvgIpc) is 2.93. The lowest BCUT2D eigenvalue weighted by atomic mass is 9.79. The van der Waals surface area contributed by atoms with E-state index >= 15 is 0 Å². The first kappa shape index (κ1) is 15.5. The van der Waals surface area contributed by atoms with Gasteiger partial charge in [-0.2, -0.15) is 0 Å². The summed E-state index contributed by atoms with van der Waals surface area (Å²) in [6, 6.07) is 9.44. The maximum absolute atomic E-state index is 12.1. The summed E-state index contributed by atoms with van der Waals surface area (Å²) in [6.45, 7) is 2.59. The summed E-state index contributed by atoms with van der Waals surface area (Å²) in [5, 5.41) is 9.52. The second kappa shape index (κ2) is 6.72. The number of hydrogen-bond acceptors (Lipinski definition) is 4. The molecule has 0 aromatic heterocycles. The Morgan fingerprint density at radius 2 is 2.19 bits per heavy atom. The largest absolute Gasteiger partial charge is 0.445 e. The van der Waals surface area contributed by atoms with Gasteiger partial charge in [-0.3, -0.25) is 0 Å². The summed E-state index contributed by atoms with van der Waals surface area (Å²) in [5.41, 5.74) is 0.0708. The minimum Gasteiger partial charge on any atom is -0.445 e. The van der Waals surface area contributed by atoms with Crippen molar-refractivity contribution >= 4 is 12.4 Å². The highest BCUT2D eigenvalue weighted by molar-refractivity contribution is 5.71. The molecule has 5 nitrogen and oxygen atoms in total.